The van der Waals surface area contributed by atoms with Crippen molar-refractivity contribution in [2.45, 2.75) is 43.9 Å². The van der Waals surface area contributed by atoms with Crippen LogP contribution in [0.2, 0.25) is 0 Å². The molecule has 6 heterocycles. The highest BCUT2D eigenvalue weighted by Gasteiger charge is 2.58. The van der Waals surface area contributed by atoms with Gasteiger partial charge in [0.15, 0.2) is 0 Å². The van der Waals surface area contributed by atoms with E-state index in [1.54, 1.807) is 0 Å². The molecule has 0 N–H and O–H groups in total. The zero-order chi connectivity index (χ0) is 18.7. The van der Waals surface area contributed by atoms with E-state index < -0.39 is 0 Å². The van der Waals surface area contributed by atoms with Crippen LogP contribution in [-0.2, 0) is 4.74 Å². The minimum atomic E-state index is 0.0459. The average molecular weight is 370 g/mol. The number of benzene rings is 2. The van der Waals surface area contributed by atoms with Gasteiger partial charge in [0.05, 0.1) is 17.2 Å². The third-order valence-electron chi connectivity index (χ3n) is 7.47. The second-order valence-corrected chi connectivity index (χ2v) is 8.71. The second kappa shape index (κ2) is 6.13. The Morgan fingerprint density at radius 1 is 1.11 bits per heavy atom. The van der Waals surface area contributed by atoms with Crippen LogP contribution in [0.15, 0.2) is 60.8 Å². The van der Waals surface area contributed by atoms with Crippen LogP contribution in [0, 0.1) is 5.92 Å². The first-order chi connectivity index (χ1) is 13.8. The second-order valence-electron chi connectivity index (χ2n) is 8.71. The quantitative estimate of drug-likeness (QED) is 0.632. The molecule has 5 saturated heterocycles. The largest absolute Gasteiger partial charge is 0.364 e. The lowest BCUT2D eigenvalue weighted by Crippen LogP contribution is -2.70. The van der Waals surface area contributed by atoms with E-state index in [0.29, 0.717) is 6.04 Å². The average Bonchev–Trinajstić information content (AvgIpc) is 2.78. The Kier molecular flexibility index (Phi) is 3.66. The Morgan fingerprint density at radius 3 is 2.79 bits per heavy atom. The van der Waals surface area contributed by atoms with Crippen LogP contribution in [-0.4, -0.2) is 34.6 Å². The minimum Gasteiger partial charge on any atom is -0.364 e. The van der Waals surface area contributed by atoms with Gasteiger partial charge in [0.25, 0.3) is 0 Å². The number of rotatable bonds is 3. The molecular weight excluding hydrogens is 344 g/mol. The number of ether oxygens (including phenoxy) is 1. The van der Waals surface area contributed by atoms with Crippen LogP contribution in [0.1, 0.15) is 37.9 Å². The van der Waals surface area contributed by atoms with Gasteiger partial charge in [-0.3, -0.25) is 9.88 Å². The SMILES string of the molecule is CC[C@@]12CN3CC[C@H]1C[C@@H]3[C@H](c1ccnc3ccc(-c4ccccc4)cc13)O2. The van der Waals surface area contributed by atoms with E-state index in [1.165, 1.54) is 41.5 Å². The molecule has 5 atom stereocenters. The molecule has 0 spiro atoms. The van der Waals surface area contributed by atoms with Crippen molar-refractivity contribution in [3.63, 3.8) is 0 Å². The normalized spacial score (nSPS) is 33.5. The van der Waals surface area contributed by atoms with E-state index >= 15 is 0 Å². The lowest BCUT2D eigenvalue weighted by molar-refractivity contribution is -0.274. The number of hydrogen-bond acceptors (Lipinski definition) is 3. The van der Waals surface area contributed by atoms with Crippen LogP contribution in [0.3, 0.4) is 0 Å². The van der Waals surface area contributed by atoms with Crippen molar-refractivity contribution >= 4 is 10.9 Å². The third kappa shape index (κ3) is 2.33. The number of pyridine rings is 1. The van der Waals surface area contributed by atoms with Gasteiger partial charge in [-0.1, -0.05) is 43.3 Å². The molecule has 0 saturated carbocycles. The predicted octanol–water partition coefficient (Wildman–Crippen LogP) is 5.22. The summed E-state index contributed by atoms with van der Waals surface area (Å²) in [4.78, 5) is 7.35. The molecule has 5 aliphatic rings. The molecule has 142 valence electrons. The molecule has 28 heavy (non-hydrogen) atoms. The van der Waals surface area contributed by atoms with Gasteiger partial charge in [-0.2, -0.15) is 0 Å². The van der Waals surface area contributed by atoms with Gasteiger partial charge in [0.1, 0.15) is 0 Å². The molecule has 0 radical (unpaired) electrons. The summed E-state index contributed by atoms with van der Waals surface area (Å²) in [5, 5.41) is 1.24. The Hall–Kier alpha value is -2.23. The molecule has 1 aromatic heterocycles. The first kappa shape index (κ1) is 16.7. The molecule has 3 nitrogen and oxygen atoms in total. The Morgan fingerprint density at radius 2 is 2.00 bits per heavy atom. The van der Waals surface area contributed by atoms with Crippen molar-refractivity contribution < 1.29 is 4.74 Å². The van der Waals surface area contributed by atoms with Crippen LogP contribution >= 0.6 is 0 Å². The van der Waals surface area contributed by atoms with Crippen LogP contribution < -0.4 is 0 Å². The fourth-order valence-corrected chi connectivity index (χ4v) is 5.95. The molecule has 1 unspecified atom stereocenters. The summed E-state index contributed by atoms with van der Waals surface area (Å²) < 4.78 is 6.93. The van der Waals surface area contributed by atoms with Crippen molar-refractivity contribution in [1.29, 1.82) is 0 Å². The Labute approximate surface area is 166 Å². The fourth-order valence-electron chi connectivity index (χ4n) is 5.95. The highest BCUT2D eigenvalue weighted by molar-refractivity contribution is 5.87. The maximum atomic E-state index is 6.93. The van der Waals surface area contributed by atoms with E-state index in [2.05, 4.69) is 71.4 Å². The van der Waals surface area contributed by atoms with E-state index in [1.807, 2.05) is 6.20 Å². The molecule has 8 rings (SSSR count). The monoisotopic (exact) mass is 370 g/mol. The molecule has 3 heteroatoms. The molecular formula is C25H26N2O. The van der Waals surface area contributed by atoms with Crippen molar-refractivity contribution in [2.24, 2.45) is 5.92 Å². The molecule has 0 amide bonds. The van der Waals surface area contributed by atoms with Gasteiger partial charge < -0.3 is 4.74 Å². The highest BCUT2D eigenvalue weighted by atomic mass is 16.5. The van der Waals surface area contributed by atoms with Crippen LogP contribution in [0.4, 0.5) is 0 Å². The first-order valence-corrected chi connectivity index (χ1v) is 10.6. The molecule has 0 aliphatic carbocycles. The lowest BCUT2D eigenvalue weighted by Gasteiger charge is -2.64. The van der Waals surface area contributed by atoms with Gasteiger partial charge in [-0.25, -0.2) is 0 Å². The van der Waals surface area contributed by atoms with Gasteiger partial charge in [-0.05, 0) is 66.6 Å². The number of nitrogens with zero attached hydrogens (tertiary/aromatic N) is 2. The topological polar surface area (TPSA) is 25.4 Å². The zero-order valence-electron chi connectivity index (χ0n) is 16.3. The molecule has 4 bridgehead atoms. The van der Waals surface area contributed by atoms with Gasteiger partial charge in [0, 0.05) is 24.2 Å². The Bertz CT molecular complexity index is 1030. The number of fused-ring (bicyclic) bond motifs is 3. The summed E-state index contributed by atoms with van der Waals surface area (Å²) in [6.45, 7) is 4.65. The predicted molar refractivity (Wildman–Crippen MR) is 112 cm³/mol. The van der Waals surface area contributed by atoms with Crippen molar-refractivity contribution in [3.8, 4) is 11.1 Å². The van der Waals surface area contributed by atoms with Crippen molar-refractivity contribution in [2.75, 3.05) is 13.1 Å². The minimum absolute atomic E-state index is 0.0459. The summed E-state index contributed by atoms with van der Waals surface area (Å²) in [5.74, 6) is 0.733. The van der Waals surface area contributed by atoms with Gasteiger partial charge in [-0.15, -0.1) is 0 Å². The zero-order valence-corrected chi connectivity index (χ0v) is 16.3. The highest BCUT2D eigenvalue weighted by Crippen LogP contribution is 2.54. The number of piperidine rings is 3. The lowest BCUT2D eigenvalue weighted by atomic mass is 9.66. The third-order valence-corrected chi connectivity index (χ3v) is 7.47. The number of morpholine rings is 1. The first-order valence-electron chi connectivity index (χ1n) is 10.6. The van der Waals surface area contributed by atoms with Crippen LogP contribution in [0.25, 0.3) is 22.0 Å². The summed E-state index contributed by atoms with van der Waals surface area (Å²) in [5.41, 5.74) is 4.92. The summed E-state index contributed by atoms with van der Waals surface area (Å²) in [7, 11) is 0. The maximum Gasteiger partial charge on any atom is 0.0995 e. The summed E-state index contributed by atoms with van der Waals surface area (Å²) >= 11 is 0. The number of aromatic nitrogens is 1. The summed E-state index contributed by atoms with van der Waals surface area (Å²) in [6, 6.07) is 20.0. The molecule has 5 fully saturated rings. The molecule has 2 aromatic carbocycles. The standard InChI is InChI=1S/C25H26N2O/c1-2-25-16-27-13-11-19(25)15-23(27)24(28-25)20-10-12-26-22-9-8-18(14-21(20)22)17-6-4-3-5-7-17/h3-10,12,14,19,23-24H,2,11,13,15-16H2,1H3/t19-,23+,24-,25+/m0/s1. The van der Waals surface area contributed by atoms with Gasteiger partial charge >= 0.3 is 0 Å². The molecule has 3 aromatic rings. The van der Waals surface area contributed by atoms with E-state index in [9.17, 15) is 0 Å². The van der Waals surface area contributed by atoms with Gasteiger partial charge in [0.2, 0.25) is 0 Å². The Balaban J connectivity index is 1.48. The maximum absolute atomic E-state index is 6.93. The fraction of sp³-hybridized carbons (Fsp3) is 0.400. The smallest absolute Gasteiger partial charge is 0.0995 e. The van der Waals surface area contributed by atoms with E-state index in [4.69, 9.17) is 4.74 Å². The van der Waals surface area contributed by atoms with Crippen LogP contribution in [0.5, 0.6) is 0 Å². The van der Waals surface area contributed by atoms with Crippen molar-refractivity contribution in [3.05, 3.63) is 66.4 Å². The number of hydrogen-bond donors (Lipinski definition) is 0. The molecule has 5 aliphatic heterocycles. The van der Waals surface area contributed by atoms with E-state index in [-0.39, 0.29) is 11.7 Å². The summed E-state index contributed by atoms with van der Waals surface area (Å²) in [6.07, 6.45) is 5.79. The van der Waals surface area contributed by atoms with E-state index in [0.717, 1.165) is 24.4 Å². The van der Waals surface area contributed by atoms with Crippen molar-refractivity contribution in [1.82, 2.24) is 9.88 Å².